The predicted octanol–water partition coefficient (Wildman–Crippen LogP) is 1.26. The number of anilines is 2. The summed E-state index contributed by atoms with van der Waals surface area (Å²) in [7, 11) is 3.46. The number of fused-ring (bicyclic) bond motifs is 1. The topological polar surface area (TPSA) is 98.0 Å². The highest BCUT2D eigenvalue weighted by molar-refractivity contribution is 6.28. The first-order valence-electron chi connectivity index (χ1n) is 9.30. The number of rotatable bonds is 7. The van der Waals surface area contributed by atoms with Crippen LogP contribution in [0.4, 0.5) is 11.5 Å². The van der Waals surface area contributed by atoms with Gasteiger partial charge in [-0.05, 0) is 24.6 Å². The molecule has 1 fully saturated rings. The van der Waals surface area contributed by atoms with Crippen molar-refractivity contribution >= 4 is 34.3 Å². The summed E-state index contributed by atoms with van der Waals surface area (Å²) in [5.74, 6) is 1.02. The second kappa shape index (κ2) is 8.29. The van der Waals surface area contributed by atoms with Crippen LogP contribution in [-0.4, -0.2) is 74.0 Å². The van der Waals surface area contributed by atoms with E-state index >= 15 is 0 Å². The summed E-state index contributed by atoms with van der Waals surface area (Å²) in [4.78, 5) is 15.3. The van der Waals surface area contributed by atoms with E-state index in [1.54, 1.807) is 18.0 Å². The van der Waals surface area contributed by atoms with E-state index in [0.29, 0.717) is 28.5 Å². The maximum atomic E-state index is 6.08. The highest BCUT2D eigenvalue weighted by atomic mass is 35.5. The van der Waals surface area contributed by atoms with Gasteiger partial charge in [-0.15, -0.1) is 5.10 Å². The lowest BCUT2D eigenvalue weighted by atomic mass is 10.3. The molecular weight excluding hydrogens is 382 g/mol. The fraction of sp³-hybridized carbons (Fsp3) is 0.529. The van der Waals surface area contributed by atoms with Crippen LogP contribution < -0.4 is 15.4 Å². The molecule has 0 atom stereocenters. The Kier molecular flexibility index (Phi) is 5.60. The highest BCUT2D eigenvalue weighted by Crippen LogP contribution is 2.29. The largest absolute Gasteiger partial charge is 0.478 e. The summed E-state index contributed by atoms with van der Waals surface area (Å²) in [5.41, 5.74) is 2.01. The molecule has 0 saturated carbocycles. The Morgan fingerprint density at radius 3 is 2.86 bits per heavy atom. The molecule has 3 aromatic heterocycles. The Morgan fingerprint density at radius 2 is 2.07 bits per heavy atom. The first kappa shape index (κ1) is 18.9. The molecule has 28 heavy (non-hydrogen) atoms. The van der Waals surface area contributed by atoms with Crippen molar-refractivity contribution in [3.63, 3.8) is 0 Å². The second-order valence-electron chi connectivity index (χ2n) is 6.75. The number of imidazole rings is 1. The number of hydrogen-bond donors (Lipinski definition) is 2. The van der Waals surface area contributed by atoms with Crippen LogP contribution >= 0.6 is 11.6 Å². The quantitative estimate of drug-likeness (QED) is 0.567. The molecule has 150 valence electrons. The van der Waals surface area contributed by atoms with Gasteiger partial charge < -0.3 is 24.8 Å². The van der Waals surface area contributed by atoms with E-state index in [1.165, 1.54) is 0 Å². The van der Waals surface area contributed by atoms with Gasteiger partial charge in [0.2, 0.25) is 5.28 Å². The van der Waals surface area contributed by atoms with Crippen molar-refractivity contribution in [1.82, 2.24) is 39.5 Å². The van der Waals surface area contributed by atoms with Crippen LogP contribution in [0, 0.1) is 0 Å². The summed E-state index contributed by atoms with van der Waals surface area (Å²) in [5, 5.41) is 11.3. The zero-order chi connectivity index (χ0) is 19.5. The molecule has 0 amide bonds. The van der Waals surface area contributed by atoms with E-state index in [0.717, 1.165) is 45.7 Å². The van der Waals surface area contributed by atoms with Gasteiger partial charge in [0.1, 0.15) is 5.69 Å². The van der Waals surface area contributed by atoms with Crippen molar-refractivity contribution in [2.45, 2.75) is 13.0 Å². The molecule has 4 rings (SSSR count). The summed E-state index contributed by atoms with van der Waals surface area (Å²) in [6.45, 7) is 6.20. The van der Waals surface area contributed by atoms with Gasteiger partial charge in [0.05, 0.1) is 19.6 Å². The zero-order valence-electron chi connectivity index (χ0n) is 16.0. The highest BCUT2D eigenvalue weighted by Gasteiger charge is 2.16. The van der Waals surface area contributed by atoms with Crippen molar-refractivity contribution in [1.29, 1.82) is 0 Å². The fourth-order valence-corrected chi connectivity index (χ4v) is 3.51. The Bertz CT molecular complexity index is 948. The lowest BCUT2D eigenvalue weighted by Gasteiger charge is -2.26. The molecule has 4 heterocycles. The lowest BCUT2D eigenvalue weighted by molar-refractivity contribution is 0.233. The van der Waals surface area contributed by atoms with E-state index in [4.69, 9.17) is 16.3 Å². The standard InChI is InChI=1S/C17H24ClN9O/c1-25-11-20-13-14(22-17(18)23-15(13)25)21-12-10-27(24-16(12)28-2)7-3-6-26-8-4-19-5-9-26/h10-11,19H,3-9H2,1-2H3,(H,21,22,23). The van der Waals surface area contributed by atoms with Gasteiger partial charge in [-0.25, -0.2) is 4.98 Å². The number of aryl methyl sites for hydroxylation is 2. The molecule has 0 unspecified atom stereocenters. The molecule has 0 spiro atoms. The smallest absolute Gasteiger partial charge is 0.256 e. The maximum absolute atomic E-state index is 6.08. The van der Waals surface area contributed by atoms with Crippen molar-refractivity contribution in [2.75, 3.05) is 45.2 Å². The van der Waals surface area contributed by atoms with Gasteiger partial charge in [-0.1, -0.05) is 0 Å². The third-order valence-corrected chi connectivity index (χ3v) is 4.95. The predicted molar refractivity (Wildman–Crippen MR) is 107 cm³/mol. The molecule has 11 heteroatoms. The molecule has 1 saturated heterocycles. The average molecular weight is 406 g/mol. The summed E-state index contributed by atoms with van der Waals surface area (Å²) < 4.78 is 9.11. The number of methoxy groups -OCH3 is 1. The Labute approximate surface area is 167 Å². The molecule has 2 N–H and O–H groups in total. The van der Waals surface area contributed by atoms with Crippen LogP contribution in [0.25, 0.3) is 11.2 Å². The summed E-state index contributed by atoms with van der Waals surface area (Å²) in [6, 6.07) is 0. The third-order valence-electron chi connectivity index (χ3n) is 4.78. The van der Waals surface area contributed by atoms with E-state index in [-0.39, 0.29) is 5.28 Å². The SMILES string of the molecule is COc1nn(CCCN2CCNCC2)cc1Nc1nc(Cl)nc2c1ncn2C. The van der Waals surface area contributed by atoms with Crippen molar-refractivity contribution in [2.24, 2.45) is 7.05 Å². The number of hydrogen-bond acceptors (Lipinski definition) is 8. The minimum absolute atomic E-state index is 0.154. The average Bonchev–Trinajstić information content (AvgIpc) is 3.26. The molecule has 1 aliphatic heterocycles. The van der Waals surface area contributed by atoms with Crippen molar-refractivity contribution in [3.05, 3.63) is 17.8 Å². The Hall–Kier alpha value is -2.43. The van der Waals surface area contributed by atoms with Crippen molar-refractivity contribution in [3.8, 4) is 5.88 Å². The van der Waals surface area contributed by atoms with E-state index in [9.17, 15) is 0 Å². The number of halogens is 1. The van der Waals surface area contributed by atoms with Crippen LogP contribution in [0.15, 0.2) is 12.5 Å². The van der Waals surface area contributed by atoms with Crippen molar-refractivity contribution < 1.29 is 4.74 Å². The van der Waals surface area contributed by atoms with E-state index < -0.39 is 0 Å². The second-order valence-corrected chi connectivity index (χ2v) is 7.09. The first-order valence-corrected chi connectivity index (χ1v) is 9.68. The third kappa shape index (κ3) is 4.03. The minimum Gasteiger partial charge on any atom is -0.478 e. The molecule has 1 aliphatic rings. The maximum Gasteiger partial charge on any atom is 0.256 e. The van der Waals surface area contributed by atoms with Gasteiger partial charge in [0.15, 0.2) is 17.0 Å². The number of nitrogens with one attached hydrogen (secondary N) is 2. The van der Waals surface area contributed by atoms with Gasteiger partial charge in [0.25, 0.3) is 5.88 Å². The van der Waals surface area contributed by atoms with Crippen LogP contribution in [0.2, 0.25) is 5.28 Å². The van der Waals surface area contributed by atoms with Gasteiger partial charge in [-0.3, -0.25) is 4.68 Å². The minimum atomic E-state index is 0.154. The van der Waals surface area contributed by atoms with Crippen LogP contribution in [0.3, 0.4) is 0 Å². The van der Waals surface area contributed by atoms with Crippen LogP contribution in [-0.2, 0) is 13.6 Å². The number of ether oxygens (including phenoxy) is 1. The molecule has 10 nitrogen and oxygen atoms in total. The summed E-state index contributed by atoms with van der Waals surface area (Å²) in [6.07, 6.45) is 4.62. The fourth-order valence-electron chi connectivity index (χ4n) is 3.34. The molecule has 0 bridgehead atoms. The van der Waals surface area contributed by atoms with Crippen LogP contribution in [0.5, 0.6) is 5.88 Å². The Morgan fingerprint density at radius 1 is 1.25 bits per heavy atom. The van der Waals surface area contributed by atoms with Gasteiger partial charge in [0, 0.05) is 39.8 Å². The van der Waals surface area contributed by atoms with Gasteiger partial charge >= 0.3 is 0 Å². The zero-order valence-corrected chi connectivity index (χ0v) is 16.8. The first-order chi connectivity index (χ1) is 13.6. The van der Waals surface area contributed by atoms with E-state index in [2.05, 4.69) is 35.6 Å². The molecule has 0 radical (unpaired) electrons. The molecule has 3 aromatic rings. The molecular formula is C17H24ClN9O. The lowest BCUT2D eigenvalue weighted by Crippen LogP contribution is -2.43. The van der Waals surface area contributed by atoms with Gasteiger partial charge in [-0.2, -0.15) is 9.97 Å². The Balaban J connectivity index is 1.47. The number of aromatic nitrogens is 6. The molecule has 0 aliphatic carbocycles. The number of nitrogens with zero attached hydrogens (tertiary/aromatic N) is 7. The van der Waals surface area contributed by atoms with E-state index in [1.807, 2.05) is 17.9 Å². The number of piperazine rings is 1. The summed E-state index contributed by atoms with van der Waals surface area (Å²) >= 11 is 6.08. The van der Waals surface area contributed by atoms with Crippen LogP contribution in [0.1, 0.15) is 6.42 Å². The normalized spacial score (nSPS) is 15.2. The molecule has 0 aromatic carbocycles. The monoisotopic (exact) mass is 405 g/mol.